The van der Waals surface area contributed by atoms with Gasteiger partial charge in [-0.3, -0.25) is 4.79 Å². The zero-order valence-electron chi connectivity index (χ0n) is 8.92. The molecule has 0 atom stereocenters. The first-order valence-electron chi connectivity index (χ1n) is 4.97. The molecule has 2 rings (SSSR count). The Morgan fingerprint density at radius 2 is 2.50 bits per heavy atom. The highest BCUT2D eigenvalue weighted by Crippen LogP contribution is 2.08. The average Bonchev–Trinajstić information content (AvgIpc) is 2.68. The predicted octanol–water partition coefficient (Wildman–Crippen LogP) is 0.879. The zero-order chi connectivity index (χ0) is 11.4. The maximum absolute atomic E-state index is 10.6. The lowest BCUT2D eigenvalue weighted by atomic mass is 10.3. The SMILES string of the molecule is CC(=O)NCC=Cc1cnn2cccnc12. The van der Waals surface area contributed by atoms with E-state index in [0.29, 0.717) is 6.54 Å². The molecule has 1 N–H and O–H groups in total. The van der Waals surface area contributed by atoms with Gasteiger partial charge in [-0.1, -0.05) is 12.2 Å². The Hall–Kier alpha value is -2.17. The summed E-state index contributed by atoms with van der Waals surface area (Å²) in [4.78, 5) is 14.9. The number of hydrogen-bond acceptors (Lipinski definition) is 3. The Morgan fingerprint density at radius 3 is 3.31 bits per heavy atom. The van der Waals surface area contributed by atoms with E-state index >= 15 is 0 Å². The standard InChI is InChI=1S/C11H12N4O/c1-9(16)12-5-2-4-10-8-14-15-7-3-6-13-11(10)15/h2-4,6-8H,5H2,1H3,(H,12,16). The molecule has 0 unspecified atom stereocenters. The summed E-state index contributed by atoms with van der Waals surface area (Å²) >= 11 is 0. The number of rotatable bonds is 3. The number of hydrogen-bond donors (Lipinski definition) is 1. The Balaban J connectivity index is 2.12. The lowest BCUT2D eigenvalue weighted by Crippen LogP contribution is -2.19. The van der Waals surface area contributed by atoms with Gasteiger partial charge in [0.2, 0.25) is 5.91 Å². The first kappa shape index (κ1) is 10.4. The maximum atomic E-state index is 10.6. The molecular formula is C11H12N4O. The zero-order valence-corrected chi connectivity index (χ0v) is 8.92. The van der Waals surface area contributed by atoms with E-state index in [1.165, 1.54) is 6.92 Å². The van der Waals surface area contributed by atoms with Crippen LogP contribution in [0.4, 0.5) is 0 Å². The first-order chi connectivity index (χ1) is 7.77. The van der Waals surface area contributed by atoms with Gasteiger partial charge in [-0.15, -0.1) is 0 Å². The molecule has 0 aliphatic rings. The van der Waals surface area contributed by atoms with Crippen molar-refractivity contribution in [3.63, 3.8) is 0 Å². The van der Waals surface area contributed by atoms with Crippen molar-refractivity contribution in [3.8, 4) is 0 Å². The fraction of sp³-hybridized carbons (Fsp3) is 0.182. The van der Waals surface area contributed by atoms with E-state index in [1.54, 1.807) is 16.9 Å². The van der Waals surface area contributed by atoms with Crippen LogP contribution in [0, 0.1) is 0 Å². The fourth-order valence-electron chi connectivity index (χ4n) is 1.35. The molecule has 0 saturated heterocycles. The third-order valence-electron chi connectivity index (χ3n) is 2.07. The second kappa shape index (κ2) is 4.57. The summed E-state index contributed by atoms with van der Waals surface area (Å²) < 4.78 is 1.71. The summed E-state index contributed by atoms with van der Waals surface area (Å²) in [5.74, 6) is -0.0392. The van der Waals surface area contributed by atoms with Gasteiger partial charge in [0.15, 0.2) is 5.65 Å². The second-order valence-corrected chi connectivity index (χ2v) is 3.33. The lowest BCUT2D eigenvalue weighted by Gasteiger charge is -1.94. The van der Waals surface area contributed by atoms with Gasteiger partial charge in [-0.05, 0) is 6.07 Å². The van der Waals surface area contributed by atoms with Crippen LogP contribution >= 0.6 is 0 Å². The van der Waals surface area contributed by atoms with Crippen LogP contribution in [0.5, 0.6) is 0 Å². The normalized spacial score (nSPS) is 11.1. The van der Waals surface area contributed by atoms with E-state index in [4.69, 9.17) is 0 Å². The first-order valence-corrected chi connectivity index (χ1v) is 4.97. The molecule has 2 aromatic rings. The van der Waals surface area contributed by atoms with Crippen molar-refractivity contribution in [2.45, 2.75) is 6.92 Å². The van der Waals surface area contributed by atoms with E-state index in [2.05, 4.69) is 15.4 Å². The largest absolute Gasteiger partial charge is 0.353 e. The molecule has 0 saturated carbocycles. The summed E-state index contributed by atoms with van der Waals surface area (Å²) in [6.07, 6.45) is 9.07. The van der Waals surface area contributed by atoms with Gasteiger partial charge in [0, 0.05) is 31.4 Å². The fourth-order valence-corrected chi connectivity index (χ4v) is 1.35. The van der Waals surface area contributed by atoms with Crippen molar-refractivity contribution in [2.75, 3.05) is 6.54 Å². The molecule has 0 spiro atoms. The summed E-state index contributed by atoms with van der Waals surface area (Å²) in [5.41, 5.74) is 1.74. The Morgan fingerprint density at radius 1 is 1.62 bits per heavy atom. The van der Waals surface area contributed by atoms with Crippen LogP contribution in [-0.4, -0.2) is 27.0 Å². The molecule has 0 aromatic carbocycles. The number of amides is 1. The highest BCUT2D eigenvalue weighted by Gasteiger charge is 1.99. The van der Waals surface area contributed by atoms with Crippen molar-refractivity contribution >= 4 is 17.6 Å². The van der Waals surface area contributed by atoms with E-state index in [0.717, 1.165) is 11.2 Å². The molecule has 5 heteroatoms. The minimum atomic E-state index is -0.0392. The number of fused-ring (bicyclic) bond motifs is 1. The molecule has 1 amide bonds. The summed E-state index contributed by atoms with van der Waals surface area (Å²) in [6, 6.07) is 1.82. The van der Waals surface area contributed by atoms with Crippen molar-refractivity contribution < 1.29 is 4.79 Å². The minimum absolute atomic E-state index is 0.0392. The molecule has 5 nitrogen and oxygen atoms in total. The van der Waals surface area contributed by atoms with E-state index in [-0.39, 0.29) is 5.91 Å². The van der Waals surface area contributed by atoms with E-state index in [9.17, 15) is 4.79 Å². The number of nitrogens with zero attached hydrogens (tertiary/aromatic N) is 3. The van der Waals surface area contributed by atoms with Crippen molar-refractivity contribution in [1.82, 2.24) is 19.9 Å². The predicted molar refractivity (Wildman–Crippen MR) is 60.7 cm³/mol. The Labute approximate surface area is 92.8 Å². The molecule has 0 fully saturated rings. The lowest BCUT2D eigenvalue weighted by molar-refractivity contribution is -0.118. The highest BCUT2D eigenvalue weighted by molar-refractivity contribution is 5.73. The van der Waals surface area contributed by atoms with Gasteiger partial charge >= 0.3 is 0 Å². The number of aromatic nitrogens is 3. The van der Waals surface area contributed by atoms with Crippen LogP contribution in [-0.2, 0) is 4.79 Å². The van der Waals surface area contributed by atoms with Gasteiger partial charge in [-0.2, -0.15) is 5.10 Å². The minimum Gasteiger partial charge on any atom is -0.353 e. The third kappa shape index (κ3) is 2.25. The number of carbonyl (C=O) groups excluding carboxylic acids is 1. The number of carbonyl (C=O) groups is 1. The van der Waals surface area contributed by atoms with Crippen LogP contribution in [0.15, 0.2) is 30.7 Å². The topological polar surface area (TPSA) is 59.3 Å². The average molecular weight is 216 g/mol. The monoisotopic (exact) mass is 216 g/mol. The maximum Gasteiger partial charge on any atom is 0.217 e. The van der Waals surface area contributed by atoms with Crippen LogP contribution in [0.2, 0.25) is 0 Å². The van der Waals surface area contributed by atoms with Crippen LogP contribution in [0.3, 0.4) is 0 Å². The molecule has 0 radical (unpaired) electrons. The Kier molecular flexibility index (Phi) is 2.95. The van der Waals surface area contributed by atoms with Crippen LogP contribution < -0.4 is 5.32 Å². The molecular weight excluding hydrogens is 204 g/mol. The number of nitrogens with one attached hydrogen (secondary N) is 1. The molecule has 82 valence electrons. The third-order valence-corrected chi connectivity index (χ3v) is 2.07. The van der Waals surface area contributed by atoms with Gasteiger partial charge in [0.25, 0.3) is 0 Å². The quantitative estimate of drug-likeness (QED) is 0.828. The van der Waals surface area contributed by atoms with Crippen LogP contribution in [0.25, 0.3) is 11.7 Å². The van der Waals surface area contributed by atoms with Gasteiger partial charge < -0.3 is 5.32 Å². The second-order valence-electron chi connectivity index (χ2n) is 3.33. The highest BCUT2D eigenvalue weighted by atomic mass is 16.1. The van der Waals surface area contributed by atoms with Gasteiger partial charge in [0.1, 0.15) is 0 Å². The van der Waals surface area contributed by atoms with Crippen molar-refractivity contribution in [1.29, 1.82) is 0 Å². The van der Waals surface area contributed by atoms with Crippen molar-refractivity contribution in [2.24, 2.45) is 0 Å². The smallest absolute Gasteiger partial charge is 0.217 e. The summed E-state index contributed by atoms with van der Waals surface area (Å²) in [5, 5.41) is 6.83. The Bertz CT molecular complexity index is 530. The van der Waals surface area contributed by atoms with E-state index < -0.39 is 0 Å². The molecule has 0 aliphatic carbocycles. The molecule has 0 aliphatic heterocycles. The summed E-state index contributed by atoms with van der Waals surface area (Å²) in [6.45, 7) is 2.00. The summed E-state index contributed by atoms with van der Waals surface area (Å²) in [7, 11) is 0. The van der Waals surface area contributed by atoms with Gasteiger partial charge in [0.05, 0.1) is 6.20 Å². The molecule has 0 bridgehead atoms. The van der Waals surface area contributed by atoms with E-state index in [1.807, 2.05) is 24.4 Å². The van der Waals surface area contributed by atoms with Crippen molar-refractivity contribution in [3.05, 3.63) is 36.3 Å². The van der Waals surface area contributed by atoms with Gasteiger partial charge in [-0.25, -0.2) is 9.50 Å². The molecule has 2 aromatic heterocycles. The molecule has 16 heavy (non-hydrogen) atoms. The molecule has 2 heterocycles. The van der Waals surface area contributed by atoms with Crippen LogP contribution in [0.1, 0.15) is 12.5 Å².